The number of thioether (sulfide) groups is 1. The molecule has 1 amide bonds. The van der Waals surface area contributed by atoms with E-state index in [0.29, 0.717) is 44.7 Å². The van der Waals surface area contributed by atoms with Crippen molar-refractivity contribution in [1.29, 1.82) is 5.26 Å². The summed E-state index contributed by atoms with van der Waals surface area (Å²) in [5.74, 6) is 1.21. The van der Waals surface area contributed by atoms with E-state index in [4.69, 9.17) is 19.2 Å². The minimum atomic E-state index is -0.528. The van der Waals surface area contributed by atoms with Crippen molar-refractivity contribution in [3.8, 4) is 45.7 Å². The maximum Gasteiger partial charge on any atom is 0.237 e. The third-order valence-corrected chi connectivity index (χ3v) is 7.38. The van der Waals surface area contributed by atoms with E-state index in [0.717, 1.165) is 22.4 Å². The monoisotopic (exact) mass is 553 g/mol. The quantitative estimate of drug-likeness (QED) is 0.222. The van der Waals surface area contributed by atoms with Crippen molar-refractivity contribution in [3.05, 3.63) is 83.4 Å². The number of carbonyl (C=O) groups is 1. The number of ether oxygens (including phenoxy) is 3. The molecule has 0 saturated carbocycles. The number of nitrogens with one attached hydrogen (secondary N) is 1. The molecule has 0 bridgehead atoms. The fourth-order valence-corrected chi connectivity index (χ4v) is 5.37. The number of rotatable bonds is 9. The smallest absolute Gasteiger partial charge is 0.237 e. The van der Waals surface area contributed by atoms with Gasteiger partial charge in [-0.3, -0.25) is 4.79 Å². The van der Waals surface area contributed by atoms with Crippen LogP contribution < -0.4 is 19.5 Å². The fourth-order valence-electron chi connectivity index (χ4n) is 4.45. The van der Waals surface area contributed by atoms with Crippen molar-refractivity contribution >= 4 is 23.4 Å². The molecule has 40 heavy (non-hydrogen) atoms. The largest absolute Gasteiger partial charge is 0.493 e. The van der Waals surface area contributed by atoms with Crippen molar-refractivity contribution in [2.24, 2.45) is 0 Å². The minimum Gasteiger partial charge on any atom is -0.493 e. The summed E-state index contributed by atoms with van der Waals surface area (Å²) in [7, 11) is 4.64. The van der Waals surface area contributed by atoms with Crippen LogP contribution in [0.4, 0.5) is 5.69 Å². The predicted molar refractivity (Wildman–Crippen MR) is 159 cm³/mol. The Morgan fingerprint density at radius 1 is 0.900 bits per heavy atom. The van der Waals surface area contributed by atoms with Crippen LogP contribution >= 0.6 is 11.8 Å². The van der Waals surface area contributed by atoms with Crippen molar-refractivity contribution in [3.63, 3.8) is 0 Å². The van der Waals surface area contributed by atoms with Crippen molar-refractivity contribution in [2.45, 2.75) is 31.0 Å². The van der Waals surface area contributed by atoms with Gasteiger partial charge < -0.3 is 19.5 Å². The van der Waals surface area contributed by atoms with Gasteiger partial charge in [0.1, 0.15) is 11.1 Å². The molecule has 1 aromatic heterocycles. The Morgan fingerprint density at radius 2 is 1.52 bits per heavy atom. The normalized spacial score (nSPS) is 11.3. The topological polar surface area (TPSA) is 93.5 Å². The first-order valence-electron chi connectivity index (χ1n) is 12.6. The van der Waals surface area contributed by atoms with Crippen LogP contribution in [0.5, 0.6) is 17.2 Å². The predicted octanol–water partition coefficient (Wildman–Crippen LogP) is 7.05. The van der Waals surface area contributed by atoms with Gasteiger partial charge in [-0.2, -0.15) is 5.26 Å². The molecule has 0 spiro atoms. The van der Waals surface area contributed by atoms with Gasteiger partial charge in [0.15, 0.2) is 11.5 Å². The Labute approximate surface area is 239 Å². The maximum atomic E-state index is 13.2. The lowest BCUT2D eigenvalue weighted by Gasteiger charge is -2.18. The molecule has 0 radical (unpaired) electrons. The molecule has 204 valence electrons. The zero-order chi connectivity index (χ0) is 28.8. The summed E-state index contributed by atoms with van der Waals surface area (Å²) >= 11 is 1.24. The molecule has 4 rings (SSSR count). The van der Waals surface area contributed by atoms with E-state index in [1.807, 2.05) is 62.4 Å². The number of methoxy groups -OCH3 is 3. The van der Waals surface area contributed by atoms with Gasteiger partial charge in [0, 0.05) is 16.8 Å². The van der Waals surface area contributed by atoms with Gasteiger partial charge in [0.05, 0.1) is 37.8 Å². The van der Waals surface area contributed by atoms with Gasteiger partial charge in [-0.05, 0) is 67.8 Å². The number of amides is 1. The van der Waals surface area contributed by atoms with Crippen molar-refractivity contribution in [2.75, 3.05) is 26.6 Å². The number of hydrogen-bond donors (Lipinski definition) is 1. The Hall–Kier alpha value is -4.48. The number of aromatic nitrogens is 1. The van der Waals surface area contributed by atoms with Gasteiger partial charge in [0.25, 0.3) is 0 Å². The van der Waals surface area contributed by atoms with E-state index in [9.17, 15) is 10.1 Å². The molecule has 1 heterocycles. The molecule has 8 heteroatoms. The van der Waals surface area contributed by atoms with E-state index < -0.39 is 5.25 Å². The van der Waals surface area contributed by atoms with E-state index in [1.54, 1.807) is 40.4 Å². The third-order valence-electron chi connectivity index (χ3n) is 6.29. The average molecular weight is 554 g/mol. The highest BCUT2D eigenvalue weighted by Crippen LogP contribution is 2.43. The molecule has 1 atom stereocenters. The number of benzene rings is 3. The first kappa shape index (κ1) is 28.5. The summed E-state index contributed by atoms with van der Waals surface area (Å²) in [6.07, 6.45) is 0. The number of aryl methyl sites for hydroxylation is 2. The molecule has 1 unspecified atom stereocenters. The first-order valence-corrected chi connectivity index (χ1v) is 13.5. The zero-order valence-electron chi connectivity index (χ0n) is 23.4. The van der Waals surface area contributed by atoms with Crippen LogP contribution in [-0.2, 0) is 4.79 Å². The van der Waals surface area contributed by atoms with Gasteiger partial charge in [-0.15, -0.1) is 0 Å². The van der Waals surface area contributed by atoms with Gasteiger partial charge in [-0.1, -0.05) is 48.2 Å². The number of anilines is 1. The second kappa shape index (κ2) is 12.6. The van der Waals surface area contributed by atoms with Crippen molar-refractivity contribution in [1.82, 2.24) is 4.98 Å². The molecule has 0 aliphatic rings. The summed E-state index contributed by atoms with van der Waals surface area (Å²) in [5, 5.41) is 13.3. The summed E-state index contributed by atoms with van der Waals surface area (Å²) in [4.78, 5) is 18.0. The Morgan fingerprint density at radius 3 is 2.08 bits per heavy atom. The molecular formula is C32H31N3O4S. The number of nitriles is 1. The molecular weight excluding hydrogens is 522 g/mol. The van der Waals surface area contributed by atoms with E-state index >= 15 is 0 Å². The number of hydrogen-bond acceptors (Lipinski definition) is 7. The van der Waals surface area contributed by atoms with Gasteiger partial charge in [-0.25, -0.2) is 4.98 Å². The highest BCUT2D eigenvalue weighted by atomic mass is 32.2. The van der Waals surface area contributed by atoms with E-state index in [2.05, 4.69) is 17.5 Å². The van der Waals surface area contributed by atoms with Crippen LogP contribution in [0, 0.1) is 25.2 Å². The van der Waals surface area contributed by atoms with E-state index in [-0.39, 0.29) is 5.91 Å². The molecule has 0 saturated heterocycles. The van der Waals surface area contributed by atoms with Crippen LogP contribution in [0.15, 0.2) is 71.8 Å². The molecule has 0 fully saturated rings. The summed E-state index contributed by atoms with van der Waals surface area (Å²) < 4.78 is 16.6. The van der Waals surface area contributed by atoms with Gasteiger partial charge >= 0.3 is 0 Å². The zero-order valence-corrected chi connectivity index (χ0v) is 24.2. The first-order chi connectivity index (χ1) is 19.3. The van der Waals surface area contributed by atoms with Crippen molar-refractivity contribution < 1.29 is 19.0 Å². The van der Waals surface area contributed by atoms with Crippen LogP contribution in [0.3, 0.4) is 0 Å². The van der Waals surface area contributed by atoms with Crippen LogP contribution in [0.25, 0.3) is 22.4 Å². The lowest BCUT2D eigenvalue weighted by atomic mass is 9.98. The van der Waals surface area contributed by atoms with Crippen LogP contribution in [0.2, 0.25) is 0 Å². The summed E-state index contributed by atoms with van der Waals surface area (Å²) in [6, 6.07) is 23.4. The third kappa shape index (κ3) is 6.22. The summed E-state index contributed by atoms with van der Waals surface area (Å²) in [6.45, 7) is 5.78. The number of nitrogens with zero attached hydrogens (tertiary/aromatic N) is 2. The van der Waals surface area contributed by atoms with Crippen LogP contribution in [0.1, 0.15) is 23.6 Å². The lowest BCUT2D eigenvalue weighted by molar-refractivity contribution is -0.115. The highest BCUT2D eigenvalue weighted by molar-refractivity contribution is 8.00. The molecule has 4 aromatic rings. The Balaban J connectivity index is 1.81. The fraction of sp³-hybridized carbons (Fsp3) is 0.219. The highest BCUT2D eigenvalue weighted by Gasteiger charge is 2.23. The number of pyridine rings is 1. The molecule has 7 nitrogen and oxygen atoms in total. The maximum absolute atomic E-state index is 13.2. The molecule has 0 aliphatic heterocycles. The average Bonchev–Trinajstić information content (AvgIpc) is 2.95. The Bertz CT molecular complexity index is 1540. The number of carbonyl (C=O) groups excluding carboxylic acids is 1. The SMILES string of the molecule is COc1cc(-c2cc(-c3ccccc3)nc(SC(C)C(=O)Nc3cc(C)cc(C)c3)c2C#N)cc(OC)c1OC. The van der Waals surface area contributed by atoms with E-state index in [1.165, 1.54) is 11.8 Å². The standard InChI is InChI=1S/C32H31N3O4S/c1-19-12-20(2)14-24(13-19)34-31(36)21(3)40-32-26(18-33)25(17-27(35-32)22-10-8-7-9-11-22)23-15-28(37-4)30(39-6)29(16-23)38-5/h7-17,21H,1-6H3,(H,34,36). The summed E-state index contributed by atoms with van der Waals surface area (Å²) in [5.41, 5.74) is 6.11. The molecule has 3 aromatic carbocycles. The molecule has 1 N–H and O–H groups in total. The van der Waals surface area contributed by atoms with Gasteiger partial charge in [0.2, 0.25) is 11.7 Å². The molecule has 0 aliphatic carbocycles. The Kier molecular flexibility index (Phi) is 8.97. The second-order valence-corrected chi connectivity index (χ2v) is 10.6. The minimum absolute atomic E-state index is 0.180. The second-order valence-electron chi connectivity index (χ2n) is 9.25. The lowest BCUT2D eigenvalue weighted by Crippen LogP contribution is -2.22. The van der Waals surface area contributed by atoms with Crippen LogP contribution in [-0.4, -0.2) is 37.5 Å².